The second-order valence-electron chi connectivity index (χ2n) is 3.11. The molecular weight excluding hydrogens is 206 g/mol. The van der Waals surface area contributed by atoms with Gasteiger partial charge in [-0.25, -0.2) is 0 Å². The average molecular weight is 218 g/mol. The van der Waals surface area contributed by atoms with Crippen LogP contribution in [0.5, 0.6) is 0 Å². The Morgan fingerprint density at radius 3 is 2.64 bits per heavy atom. The van der Waals surface area contributed by atoms with Crippen molar-refractivity contribution in [3.05, 3.63) is 16.4 Å². The van der Waals surface area contributed by atoms with Gasteiger partial charge >= 0.3 is 5.97 Å². The van der Waals surface area contributed by atoms with Crippen molar-refractivity contribution < 1.29 is 9.90 Å². The first-order chi connectivity index (χ1) is 6.43. The molecule has 0 bridgehead atoms. The Balaban J connectivity index is 2.87. The van der Waals surface area contributed by atoms with Crippen LogP contribution in [0.1, 0.15) is 11.4 Å². The molecule has 1 aromatic heterocycles. The fourth-order valence-corrected chi connectivity index (χ4v) is 1.25. The minimum Gasteiger partial charge on any atom is -0.480 e. The summed E-state index contributed by atoms with van der Waals surface area (Å²) in [5.41, 5.74) is 6.79. The molecule has 1 aromatic rings. The molecule has 14 heavy (non-hydrogen) atoms. The van der Waals surface area contributed by atoms with Crippen molar-refractivity contribution in [3.63, 3.8) is 0 Å². The number of carboxylic acid groups (broad SMARTS) is 1. The van der Waals surface area contributed by atoms with Crippen molar-refractivity contribution in [2.24, 2.45) is 5.73 Å². The molecular formula is C8H12ClN3O2. The zero-order valence-electron chi connectivity index (χ0n) is 7.99. The summed E-state index contributed by atoms with van der Waals surface area (Å²) in [6.07, 6.45) is 0. The summed E-state index contributed by atoms with van der Waals surface area (Å²) in [6, 6.07) is -0.955. The zero-order valence-corrected chi connectivity index (χ0v) is 8.75. The summed E-state index contributed by atoms with van der Waals surface area (Å²) in [5, 5.41) is 13.2. The first kappa shape index (κ1) is 11.0. The van der Waals surface area contributed by atoms with E-state index in [2.05, 4.69) is 5.10 Å². The Morgan fingerprint density at radius 1 is 1.71 bits per heavy atom. The van der Waals surface area contributed by atoms with Crippen LogP contribution in [-0.4, -0.2) is 26.9 Å². The molecule has 0 aliphatic carbocycles. The van der Waals surface area contributed by atoms with Gasteiger partial charge in [-0.3, -0.25) is 9.48 Å². The number of halogens is 1. The van der Waals surface area contributed by atoms with Gasteiger partial charge in [-0.1, -0.05) is 11.6 Å². The van der Waals surface area contributed by atoms with E-state index in [-0.39, 0.29) is 6.54 Å². The highest BCUT2D eigenvalue weighted by Crippen LogP contribution is 2.18. The third-order valence-corrected chi connectivity index (χ3v) is 2.53. The Morgan fingerprint density at radius 2 is 2.29 bits per heavy atom. The number of aryl methyl sites for hydroxylation is 1. The normalized spacial score (nSPS) is 12.9. The van der Waals surface area contributed by atoms with Crippen molar-refractivity contribution in [3.8, 4) is 0 Å². The van der Waals surface area contributed by atoms with Crippen LogP contribution in [0, 0.1) is 13.8 Å². The Hall–Kier alpha value is -1.07. The number of carbonyl (C=O) groups is 1. The van der Waals surface area contributed by atoms with Gasteiger partial charge in [-0.05, 0) is 13.8 Å². The number of nitrogens with two attached hydrogens (primary N) is 1. The van der Waals surface area contributed by atoms with Crippen LogP contribution in [0.3, 0.4) is 0 Å². The van der Waals surface area contributed by atoms with E-state index in [0.717, 1.165) is 5.69 Å². The van der Waals surface area contributed by atoms with E-state index in [1.54, 1.807) is 13.8 Å². The van der Waals surface area contributed by atoms with Crippen LogP contribution in [-0.2, 0) is 11.3 Å². The zero-order chi connectivity index (χ0) is 10.9. The summed E-state index contributed by atoms with van der Waals surface area (Å²) in [4.78, 5) is 10.5. The molecule has 78 valence electrons. The molecule has 0 amide bonds. The molecule has 6 heteroatoms. The molecule has 0 radical (unpaired) electrons. The molecule has 0 aliphatic rings. The molecule has 0 spiro atoms. The third-order valence-electron chi connectivity index (χ3n) is 1.98. The maximum atomic E-state index is 10.5. The van der Waals surface area contributed by atoms with Crippen molar-refractivity contribution >= 4 is 17.6 Å². The minimum atomic E-state index is -1.05. The van der Waals surface area contributed by atoms with Gasteiger partial charge in [0.2, 0.25) is 0 Å². The quantitative estimate of drug-likeness (QED) is 0.776. The Kier molecular flexibility index (Phi) is 3.13. The maximum absolute atomic E-state index is 10.5. The number of hydrogen-bond donors (Lipinski definition) is 2. The standard InChI is InChI=1S/C8H12ClN3O2/c1-4-7(9)5(2)12(11-4)3-6(10)8(13)14/h6H,3,10H2,1-2H3,(H,13,14). The third kappa shape index (κ3) is 2.05. The summed E-state index contributed by atoms with van der Waals surface area (Å²) in [7, 11) is 0. The number of carboxylic acids is 1. The van der Waals surface area contributed by atoms with Crippen LogP contribution >= 0.6 is 11.6 Å². The molecule has 1 atom stereocenters. The van der Waals surface area contributed by atoms with Gasteiger partial charge in [0.15, 0.2) is 0 Å². The Labute approximate surface area is 86.5 Å². The topological polar surface area (TPSA) is 81.1 Å². The lowest BCUT2D eigenvalue weighted by Crippen LogP contribution is -2.35. The average Bonchev–Trinajstić information content (AvgIpc) is 2.33. The van der Waals surface area contributed by atoms with Gasteiger partial charge in [-0.2, -0.15) is 5.10 Å². The monoisotopic (exact) mass is 217 g/mol. The number of aromatic nitrogens is 2. The highest BCUT2D eigenvalue weighted by molar-refractivity contribution is 6.31. The molecule has 1 unspecified atom stereocenters. The smallest absolute Gasteiger partial charge is 0.322 e. The van der Waals surface area contributed by atoms with E-state index in [1.165, 1.54) is 4.68 Å². The lowest BCUT2D eigenvalue weighted by atomic mass is 10.3. The summed E-state index contributed by atoms with van der Waals surface area (Å²) in [6.45, 7) is 3.67. The highest BCUT2D eigenvalue weighted by Gasteiger charge is 2.16. The first-order valence-electron chi connectivity index (χ1n) is 4.11. The maximum Gasteiger partial charge on any atom is 0.322 e. The SMILES string of the molecule is Cc1nn(CC(N)C(=O)O)c(C)c1Cl. The number of hydrogen-bond acceptors (Lipinski definition) is 3. The van der Waals surface area contributed by atoms with Crippen molar-refractivity contribution in [1.29, 1.82) is 0 Å². The molecule has 0 saturated carbocycles. The van der Waals surface area contributed by atoms with Gasteiger partial charge in [0.05, 0.1) is 23.0 Å². The van der Waals surface area contributed by atoms with Crippen LogP contribution < -0.4 is 5.73 Å². The summed E-state index contributed by atoms with van der Waals surface area (Å²) in [5.74, 6) is -1.05. The summed E-state index contributed by atoms with van der Waals surface area (Å²) < 4.78 is 1.51. The molecule has 0 fully saturated rings. The van der Waals surface area contributed by atoms with E-state index < -0.39 is 12.0 Å². The van der Waals surface area contributed by atoms with Crippen molar-refractivity contribution in [2.45, 2.75) is 26.4 Å². The summed E-state index contributed by atoms with van der Waals surface area (Å²) >= 11 is 5.89. The second-order valence-corrected chi connectivity index (χ2v) is 3.49. The predicted molar refractivity (Wildman–Crippen MR) is 52.3 cm³/mol. The molecule has 1 heterocycles. The van der Waals surface area contributed by atoms with E-state index in [9.17, 15) is 4.79 Å². The Bertz CT molecular complexity index is 362. The lowest BCUT2D eigenvalue weighted by molar-refractivity contribution is -0.138. The van der Waals surface area contributed by atoms with Gasteiger partial charge in [-0.15, -0.1) is 0 Å². The van der Waals surface area contributed by atoms with Crippen LogP contribution in [0.2, 0.25) is 5.02 Å². The van der Waals surface area contributed by atoms with Gasteiger partial charge in [0.1, 0.15) is 6.04 Å². The van der Waals surface area contributed by atoms with Crippen LogP contribution in [0.15, 0.2) is 0 Å². The van der Waals surface area contributed by atoms with Crippen LogP contribution in [0.4, 0.5) is 0 Å². The first-order valence-corrected chi connectivity index (χ1v) is 4.49. The minimum absolute atomic E-state index is 0.134. The number of rotatable bonds is 3. The largest absolute Gasteiger partial charge is 0.480 e. The lowest BCUT2D eigenvalue weighted by Gasteiger charge is -2.07. The van der Waals surface area contributed by atoms with Crippen LogP contribution in [0.25, 0.3) is 0 Å². The fraction of sp³-hybridized carbons (Fsp3) is 0.500. The van der Waals surface area contributed by atoms with E-state index >= 15 is 0 Å². The van der Waals surface area contributed by atoms with Gasteiger partial charge in [0, 0.05) is 0 Å². The van der Waals surface area contributed by atoms with Crippen molar-refractivity contribution in [1.82, 2.24) is 9.78 Å². The molecule has 0 aliphatic heterocycles. The molecule has 0 aromatic carbocycles. The second kappa shape index (κ2) is 3.98. The number of aliphatic carboxylic acids is 1. The van der Waals surface area contributed by atoms with E-state index in [1.807, 2.05) is 0 Å². The molecule has 1 rings (SSSR count). The molecule has 3 N–H and O–H groups in total. The van der Waals surface area contributed by atoms with E-state index in [0.29, 0.717) is 10.7 Å². The molecule has 5 nitrogen and oxygen atoms in total. The van der Waals surface area contributed by atoms with Gasteiger partial charge in [0.25, 0.3) is 0 Å². The number of nitrogens with zero attached hydrogens (tertiary/aromatic N) is 2. The van der Waals surface area contributed by atoms with E-state index in [4.69, 9.17) is 22.4 Å². The predicted octanol–water partition coefficient (Wildman–Crippen LogP) is 0.565. The van der Waals surface area contributed by atoms with Gasteiger partial charge < -0.3 is 10.8 Å². The fourth-order valence-electron chi connectivity index (χ4n) is 1.12. The highest BCUT2D eigenvalue weighted by atomic mass is 35.5. The van der Waals surface area contributed by atoms with Crippen molar-refractivity contribution in [2.75, 3.05) is 0 Å². The molecule has 0 saturated heterocycles.